The van der Waals surface area contributed by atoms with Crippen LogP contribution in [0.25, 0.3) is 0 Å². The summed E-state index contributed by atoms with van der Waals surface area (Å²) in [5.74, 6) is 1.15. The van der Waals surface area contributed by atoms with Crippen LogP contribution in [0.15, 0.2) is 30.3 Å². The molecule has 1 aliphatic rings. The van der Waals surface area contributed by atoms with Crippen LogP contribution in [0.4, 0.5) is 0 Å². The summed E-state index contributed by atoms with van der Waals surface area (Å²) in [5, 5.41) is 0.0227. The molecule has 0 aliphatic carbocycles. The van der Waals surface area contributed by atoms with Crippen molar-refractivity contribution in [2.24, 2.45) is 5.73 Å². The first kappa shape index (κ1) is 14.4. The van der Waals surface area contributed by atoms with E-state index in [1.165, 1.54) is 5.56 Å². The highest BCUT2D eigenvalue weighted by molar-refractivity contribution is 7.99. The lowest BCUT2D eigenvalue weighted by molar-refractivity contribution is -0.131. The highest BCUT2D eigenvalue weighted by Crippen LogP contribution is 2.20. The molecule has 1 fully saturated rings. The maximum absolute atomic E-state index is 12.3. The monoisotopic (exact) mass is 278 g/mol. The van der Waals surface area contributed by atoms with Crippen LogP contribution in [-0.2, 0) is 10.5 Å². The van der Waals surface area contributed by atoms with E-state index in [1.54, 1.807) is 11.8 Å². The normalized spacial score (nSPS) is 18.3. The Labute approximate surface area is 119 Å². The Morgan fingerprint density at radius 2 is 2.00 bits per heavy atom. The first-order valence-electron chi connectivity index (χ1n) is 6.86. The summed E-state index contributed by atoms with van der Waals surface area (Å²) in [6.07, 6.45) is 1.86. The van der Waals surface area contributed by atoms with E-state index in [2.05, 4.69) is 12.1 Å². The number of benzene rings is 1. The van der Waals surface area contributed by atoms with Gasteiger partial charge in [0.05, 0.1) is 5.25 Å². The summed E-state index contributed by atoms with van der Waals surface area (Å²) < 4.78 is 0. The number of nitrogens with two attached hydrogens (primary N) is 1. The lowest BCUT2D eigenvalue weighted by Crippen LogP contribution is -2.45. The van der Waals surface area contributed by atoms with Crippen molar-refractivity contribution in [1.82, 2.24) is 4.90 Å². The highest BCUT2D eigenvalue weighted by atomic mass is 32.2. The third-order valence-electron chi connectivity index (χ3n) is 3.54. The van der Waals surface area contributed by atoms with E-state index in [1.807, 2.05) is 30.0 Å². The third kappa shape index (κ3) is 4.25. The SMILES string of the molecule is CC(SCc1ccccc1)C(=O)N1CCC(N)CC1. The maximum Gasteiger partial charge on any atom is 0.235 e. The van der Waals surface area contributed by atoms with E-state index in [9.17, 15) is 4.79 Å². The number of hydrogen-bond donors (Lipinski definition) is 1. The first-order valence-corrected chi connectivity index (χ1v) is 7.91. The van der Waals surface area contributed by atoms with Crippen LogP contribution in [0.5, 0.6) is 0 Å². The van der Waals surface area contributed by atoms with Crippen LogP contribution in [0.1, 0.15) is 25.3 Å². The van der Waals surface area contributed by atoms with E-state index in [0.717, 1.165) is 31.7 Å². The van der Waals surface area contributed by atoms with Crippen LogP contribution in [0.2, 0.25) is 0 Å². The molecule has 0 aromatic heterocycles. The predicted octanol–water partition coefficient (Wildman–Crippen LogP) is 2.26. The first-order chi connectivity index (χ1) is 9.16. The number of carbonyl (C=O) groups is 1. The number of piperidine rings is 1. The number of amides is 1. The molecule has 1 aromatic rings. The molecule has 104 valence electrons. The Morgan fingerprint density at radius 1 is 1.37 bits per heavy atom. The minimum atomic E-state index is 0.0227. The van der Waals surface area contributed by atoms with Crippen LogP contribution >= 0.6 is 11.8 Å². The Morgan fingerprint density at radius 3 is 2.63 bits per heavy atom. The molecule has 19 heavy (non-hydrogen) atoms. The van der Waals surface area contributed by atoms with Crippen molar-refractivity contribution in [3.8, 4) is 0 Å². The second-order valence-electron chi connectivity index (χ2n) is 5.10. The van der Waals surface area contributed by atoms with E-state index in [0.29, 0.717) is 0 Å². The summed E-state index contributed by atoms with van der Waals surface area (Å²) in [4.78, 5) is 14.3. The molecule has 1 amide bonds. The van der Waals surface area contributed by atoms with Gasteiger partial charge in [-0.2, -0.15) is 0 Å². The second-order valence-corrected chi connectivity index (χ2v) is 6.43. The van der Waals surface area contributed by atoms with E-state index in [-0.39, 0.29) is 17.2 Å². The van der Waals surface area contributed by atoms with Gasteiger partial charge in [0.2, 0.25) is 5.91 Å². The van der Waals surface area contributed by atoms with Gasteiger partial charge in [0.15, 0.2) is 0 Å². The van der Waals surface area contributed by atoms with Crippen molar-refractivity contribution < 1.29 is 4.79 Å². The van der Waals surface area contributed by atoms with Crippen molar-refractivity contribution in [2.45, 2.75) is 36.8 Å². The zero-order valence-corrected chi connectivity index (χ0v) is 12.2. The minimum Gasteiger partial charge on any atom is -0.342 e. The van der Waals surface area contributed by atoms with Gasteiger partial charge in [-0.3, -0.25) is 4.79 Å². The quantitative estimate of drug-likeness (QED) is 0.919. The highest BCUT2D eigenvalue weighted by Gasteiger charge is 2.24. The fraction of sp³-hybridized carbons (Fsp3) is 0.533. The molecule has 2 N–H and O–H groups in total. The average Bonchev–Trinajstić information content (AvgIpc) is 2.46. The fourth-order valence-electron chi connectivity index (χ4n) is 2.24. The molecule has 0 radical (unpaired) electrons. The Hall–Kier alpha value is -1.00. The number of rotatable bonds is 4. The van der Waals surface area contributed by atoms with E-state index >= 15 is 0 Å². The van der Waals surface area contributed by atoms with Crippen LogP contribution in [-0.4, -0.2) is 35.2 Å². The van der Waals surface area contributed by atoms with Gasteiger partial charge in [0, 0.05) is 24.9 Å². The summed E-state index contributed by atoms with van der Waals surface area (Å²) in [6.45, 7) is 3.64. The molecule has 2 rings (SSSR count). The molecule has 1 aromatic carbocycles. The molecule has 1 unspecified atom stereocenters. The summed E-state index contributed by atoms with van der Waals surface area (Å²) in [7, 11) is 0. The fourth-order valence-corrected chi connectivity index (χ4v) is 3.17. The van der Waals surface area contributed by atoms with Gasteiger partial charge in [-0.15, -0.1) is 11.8 Å². The minimum absolute atomic E-state index is 0.0227. The average molecular weight is 278 g/mol. The summed E-state index contributed by atoms with van der Waals surface area (Å²) in [6, 6.07) is 10.6. The van der Waals surface area contributed by atoms with Crippen molar-refractivity contribution in [3.05, 3.63) is 35.9 Å². The smallest absolute Gasteiger partial charge is 0.235 e. The van der Waals surface area contributed by atoms with Crippen LogP contribution in [0, 0.1) is 0 Å². The van der Waals surface area contributed by atoms with Crippen molar-refractivity contribution >= 4 is 17.7 Å². The van der Waals surface area contributed by atoms with Crippen molar-refractivity contribution in [1.29, 1.82) is 0 Å². The van der Waals surface area contributed by atoms with Crippen LogP contribution in [0.3, 0.4) is 0 Å². The molecule has 0 bridgehead atoms. The van der Waals surface area contributed by atoms with Crippen LogP contribution < -0.4 is 5.73 Å². The predicted molar refractivity (Wildman–Crippen MR) is 81.0 cm³/mol. The molecular formula is C15H22N2OS. The van der Waals surface area contributed by atoms with Gasteiger partial charge in [0.1, 0.15) is 0 Å². The summed E-state index contributed by atoms with van der Waals surface area (Å²) >= 11 is 1.71. The van der Waals surface area contributed by atoms with Gasteiger partial charge < -0.3 is 10.6 Å². The lowest BCUT2D eigenvalue weighted by Gasteiger charge is -2.32. The maximum atomic E-state index is 12.3. The number of thioether (sulfide) groups is 1. The van der Waals surface area contributed by atoms with Crippen molar-refractivity contribution in [3.63, 3.8) is 0 Å². The molecule has 0 saturated carbocycles. The Bertz CT molecular complexity index is 402. The molecule has 1 atom stereocenters. The second kappa shape index (κ2) is 6.96. The molecule has 3 nitrogen and oxygen atoms in total. The molecule has 0 spiro atoms. The number of carbonyl (C=O) groups excluding carboxylic acids is 1. The topological polar surface area (TPSA) is 46.3 Å². The zero-order chi connectivity index (χ0) is 13.7. The van der Waals surface area contributed by atoms with Gasteiger partial charge in [-0.25, -0.2) is 0 Å². The number of nitrogens with zero attached hydrogens (tertiary/aromatic N) is 1. The lowest BCUT2D eigenvalue weighted by atomic mass is 10.1. The zero-order valence-electron chi connectivity index (χ0n) is 11.4. The molecule has 4 heteroatoms. The van der Waals surface area contributed by atoms with Gasteiger partial charge in [0.25, 0.3) is 0 Å². The largest absolute Gasteiger partial charge is 0.342 e. The summed E-state index contributed by atoms with van der Waals surface area (Å²) in [5.41, 5.74) is 7.14. The van der Waals surface area contributed by atoms with Crippen molar-refractivity contribution in [2.75, 3.05) is 13.1 Å². The molecule has 1 aliphatic heterocycles. The standard InChI is InChI=1S/C15H22N2OS/c1-12(19-11-13-5-3-2-4-6-13)15(18)17-9-7-14(16)8-10-17/h2-6,12,14H,7-11,16H2,1H3. The van der Waals surface area contributed by atoms with Gasteiger partial charge in [-0.05, 0) is 25.3 Å². The number of hydrogen-bond acceptors (Lipinski definition) is 3. The molecule has 1 heterocycles. The Balaban J connectivity index is 1.79. The Kier molecular flexibility index (Phi) is 5.28. The third-order valence-corrected chi connectivity index (χ3v) is 4.74. The number of likely N-dealkylation sites (tertiary alicyclic amines) is 1. The van der Waals surface area contributed by atoms with Gasteiger partial charge >= 0.3 is 0 Å². The molecule has 1 saturated heterocycles. The molecular weight excluding hydrogens is 256 g/mol. The van der Waals surface area contributed by atoms with E-state index in [4.69, 9.17) is 5.73 Å². The van der Waals surface area contributed by atoms with Gasteiger partial charge in [-0.1, -0.05) is 30.3 Å². The van der Waals surface area contributed by atoms with E-state index < -0.39 is 0 Å².